The van der Waals surface area contributed by atoms with Crippen molar-refractivity contribution in [3.8, 4) is 5.75 Å². The van der Waals surface area contributed by atoms with Crippen molar-refractivity contribution < 1.29 is 23.9 Å². The van der Waals surface area contributed by atoms with Crippen molar-refractivity contribution in [3.05, 3.63) is 57.8 Å². The van der Waals surface area contributed by atoms with Gasteiger partial charge in [0.25, 0.3) is 11.8 Å². The predicted molar refractivity (Wildman–Crippen MR) is 94.5 cm³/mol. The second kappa shape index (κ2) is 8.79. The maximum Gasteiger partial charge on any atom is 0.331 e. The van der Waals surface area contributed by atoms with Gasteiger partial charge in [0.1, 0.15) is 5.75 Å². The Morgan fingerprint density at radius 3 is 2.64 bits per heavy atom. The molecule has 2 rings (SSSR count). The fourth-order valence-electron chi connectivity index (χ4n) is 1.95. The molecule has 2 aromatic rings. The first-order valence-electron chi connectivity index (χ1n) is 7.37. The van der Waals surface area contributed by atoms with E-state index in [1.54, 1.807) is 24.3 Å². The number of rotatable bonds is 6. The normalized spacial score (nSPS) is 10.5. The van der Waals surface area contributed by atoms with Gasteiger partial charge in [-0.05, 0) is 42.1 Å². The molecular weight excluding hydrogens is 342 g/mol. The molecule has 0 atom stereocenters. The van der Waals surface area contributed by atoms with E-state index >= 15 is 0 Å². The van der Waals surface area contributed by atoms with Crippen LogP contribution in [-0.4, -0.2) is 31.5 Å². The number of aryl methyl sites for hydroxylation is 1. The van der Waals surface area contributed by atoms with Crippen molar-refractivity contribution in [2.45, 2.75) is 6.92 Å². The van der Waals surface area contributed by atoms with Crippen LogP contribution in [0.2, 0.25) is 0 Å². The third-order valence-electron chi connectivity index (χ3n) is 3.22. The number of nitrogens with one attached hydrogen (secondary N) is 1. The van der Waals surface area contributed by atoms with Gasteiger partial charge in [-0.25, -0.2) is 4.79 Å². The Labute approximate surface area is 149 Å². The first-order chi connectivity index (χ1) is 12.0. The number of ether oxygens (including phenoxy) is 2. The molecule has 25 heavy (non-hydrogen) atoms. The van der Waals surface area contributed by atoms with Crippen molar-refractivity contribution in [1.29, 1.82) is 0 Å². The summed E-state index contributed by atoms with van der Waals surface area (Å²) < 4.78 is 9.88. The summed E-state index contributed by atoms with van der Waals surface area (Å²) in [5.74, 6) is -1.65. The van der Waals surface area contributed by atoms with Crippen molar-refractivity contribution in [3.63, 3.8) is 0 Å². The van der Waals surface area contributed by atoms with Gasteiger partial charge in [0.05, 0.1) is 12.7 Å². The first kappa shape index (κ1) is 18.4. The molecule has 0 bridgehead atoms. The molecule has 130 valence electrons. The summed E-state index contributed by atoms with van der Waals surface area (Å²) in [6.07, 6.45) is 2.87. The molecule has 1 N–H and O–H groups in total. The van der Waals surface area contributed by atoms with Gasteiger partial charge < -0.3 is 9.47 Å². The zero-order valence-electron chi connectivity index (χ0n) is 13.8. The molecular formula is C18H17NO5S. The predicted octanol–water partition coefficient (Wildman–Crippen LogP) is 2.58. The molecule has 0 aliphatic heterocycles. The summed E-state index contributed by atoms with van der Waals surface area (Å²) in [5, 5.41) is 4.06. The second-order valence-corrected chi connectivity index (χ2v) is 5.93. The SMILES string of the molecule is COc1ccccc1C(=O)NC(=O)COC(=O)/C=C/c1sccc1C. The number of hydrogen-bond donors (Lipinski definition) is 1. The first-order valence-corrected chi connectivity index (χ1v) is 8.25. The number of carbonyl (C=O) groups excluding carboxylic acids is 3. The fourth-order valence-corrected chi connectivity index (χ4v) is 2.77. The molecule has 6 nitrogen and oxygen atoms in total. The van der Waals surface area contributed by atoms with E-state index in [0.29, 0.717) is 5.75 Å². The Hall–Kier alpha value is -2.93. The van der Waals surface area contributed by atoms with E-state index in [1.807, 2.05) is 18.4 Å². The minimum absolute atomic E-state index is 0.220. The van der Waals surface area contributed by atoms with Crippen LogP contribution in [0.4, 0.5) is 0 Å². The number of para-hydroxylation sites is 1. The Morgan fingerprint density at radius 2 is 1.96 bits per heavy atom. The zero-order chi connectivity index (χ0) is 18.2. The average Bonchev–Trinajstić information content (AvgIpc) is 3.03. The number of hydrogen-bond acceptors (Lipinski definition) is 6. The lowest BCUT2D eigenvalue weighted by atomic mass is 10.2. The van der Waals surface area contributed by atoms with Gasteiger partial charge in [0, 0.05) is 11.0 Å². The number of carbonyl (C=O) groups is 3. The van der Waals surface area contributed by atoms with Gasteiger partial charge in [-0.2, -0.15) is 0 Å². The lowest BCUT2D eigenvalue weighted by Gasteiger charge is -2.08. The van der Waals surface area contributed by atoms with Crippen molar-refractivity contribution in [2.75, 3.05) is 13.7 Å². The van der Waals surface area contributed by atoms with Crippen LogP contribution in [-0.2, 0) is 14.3 Å². The van der Waals surface area contributed by atoms with Crippen LogP contribution in [0.15, 0.2) is 41.8 Å². The molecule has 7 heteroatoms. The second-order valence-electron chi connectivity index (χ2n) is 4.99. The standard InChI is InChI=1S/C18H17NO5S/c1-12-9-10-25-15(12)7-8-17(21)24-11-16(20)19-18(22)13-5-3-4-6-14(13)23-2/h3-10H,11H2,1-2H3,(H,19,20,22)/b8-7+. The molecule has 0 aliphatic carbocycles. The maximum atomic E-state index is 12.0. The molecule has 2 amide bonds. The van der Waals surface area contributed by atoms with Gasteiger partial charge in [-0.15, -0.1) is 11.3 Å². The van der Waals surface area contributed by atoms with Crippen LogP contribution in [0.25, 0.3) is 6.08 Å². The highest BCUT2D eigenvalue weighted by Crippen LogP contribution is 2.17. The zero-order valence-corrected chi connectivity index (χ0v) is 14.6. The van der Waals surface area contributed by atoms with Gasteiger partial charge in [0.15, 0.2) is 6.61 Å². The summed E-state index contributed by atoms with van der Waals surface area (Å²) in [5.41, 5.74) is 1.27. The largest absolute Gasteiger partial charge is 0.496 e. The van der Waals surface area contributed by atoms with E-state index in [-0.39, 0.29) is 5.56 Å². The lowest BCUT2D eigenvalue weighted by molar-refractivity contribution is -0.143. The Balaban J connectivity index is 1.84. The Morgan fingerprint density at radius 1 is 1.20 bits per heavy atom. The number of thiophene rings is 1. The maximum absolute atomic E-state index is 12.0. The quantitative estimate of drug-likeness (QED) is 0.633. The van der Waals surface area contributed by atoms with Crippen LogP contribution in [0.1, 0.15) is 20.8 Å². The van der Waals surface area contributed by atoms with E-state index in [9.17, 15) is 14.4 Å². The average molecular weight is 359 g/mol. The third-order valence-corrected chi connectivity index (χ3v) is 4.21. The highest BCUT2D eigenvalue weighted by molar-refractivity contribution is 7.11. The minimum atomic E-state index is -0.718. The van der Waals surface area contributed by atoms with E-state index in [2.05, 4.69) is 5.32 Å². The van der Waals surface area contributed by atoms with E-state index < -0.39 is 24.4 Å². The van der Waals surface area contributed by atoms with Gasteiger partial charge in [0.2, 0.25) is 0 Å². The van der Waals surface area contributed by atoms with Crippen molar-refractivity contribution >= 4 is 35.2 Å². The molecule has 1 aromatic carbocycles. The molecule has 0 fully saturated rings. The number of benzene rings is 1. The van der Waals surface area contributed by atoms with Crippen molar-refractivity contribution in [2.24, 2.45) is 0 Å². The van der Waals surface area contributed by atoms with Crippen molar-refractivity contribution in [1.82, 2.24) is 5.32 Å². The number of methoxy groups -OCH3 is 1. The summed E-state index contributed by atoms with van der Waals surface area (Å²) in [4.78, 5) is 36.3. The highest BCUT2D eigenvalue weighted by atomic mass is 32.1. The lowest BCUT2D eigenvalue weighted by Crippen LogP contribution is -2.34. The molecule has 1 aromatic heterocycles. The molecule has 0 aliphatic rings. The minimum Gasteiger partial charge on any atom is -0.496 e. The molecule has 0 spiro atoms. The molecule has 1 heterocycles. The van der Waals surface area contributed by atoms with Crippen LogP contribution < -0.4 is 10.1 Å². The van der Waals surface area contributed by atoms with E-state index in [1.165, 1.54) is 30.6 Å². The van der Waals surface area contributed by atoms with Crippen LogP contribution in [0.3, 0.4) is 0 Å². The topological polar surface area (TPSA) is 81.7 Å². The Kier molecular flexibility index (Phi) is 6.47. The summed E-state index contributed by atoms with van der Waals surface area (Å²) >= 11 is 1.50. The number of imide groups is 1. The van der Waals surface area contributed by atoms with E-state index in [4.69, 9.17) is 9.47 Å². The fraction of sp³-hybridized carbons (Fsp3) is 0.167. The van der Waals surface area contributed by atoms with E-state index in [0.717, 1.165) is 10.4 Å². The highest BCUT2D eigenvalue weighted by Gasteiger charge is 2.15. The smallest absolute Gasteiger partial charge is 0.331 e. The van der Waals surface area contributed by atoms with Gasteiger partial charge >= 0.3 is 5.97 Å². The molecule has 0 saturated heterocycles. The number of esters is 1. The molecule has 0 saturated carbocycles. The molecule has 0 radical (unpaired) electrons. The summed E-state index contributed by atoms with van der Waals surface area (Å²) in [6, 6.07) is 8.43. The summed E-state index contributed by atoms with van der Waals surface area (Å²) in [6.45, 7) is 1.38. The number of amides is 2. The third kappa shape index (κ3) is 5.29. The summed E-state index contributed by atoms with van der Waals surface area (Å²) in [7, 11) is 1.43. The van der Waals surface area contributed by atoms with Gasteiger partial charge in [-0.1, -0.05) is 12.1 Å². The van der Waals surface area contributed by atoms with Crippen LogP contribution in [0.5, 0.6) is 5.75 Å². The van der Waals surface area contributed by atoms with Crippen LogP contribution >= 0.6 is 11.3 Å². The van der Waals surface area contributed by atoms with Gasteiger partial charge in [-0.3, -0.25) is 14.9 Å². The monoisotopic (exact) mass is 359 g/mol. The molecule has 0 unspecified atom stereocenters. The van der Waals surface area contributed by atoms with Crippen LogP contribution in [0, 0.1) is 6.92 Å². The Bertz CT molecular complexity index is 809.